The molecular formula is C16H24N4O3S. The summed E-state index contributed by atoms with van der Waals surface area (Å²) in [5, 5.41) is 0.986. The van der Waals surface area contributed by atoms with E-state index >= 15 is 0 Å². The molecule has 7 nitrogen and oxygen atoms in total. The maximum absolute atomic E-state index is 12.8. The van der Waals surface area contributed by atoms with Crippen molar-refractivity contribution >= 4 is 23.2 Å². The third-order valence-corrected chi connectivity index (χ3v) is 5.64. The van der Waals surface area contributed by atoms with Gasteiger partial charge in [-0.2, -0.15) is 0 Å². The summed E-state index contributed by atoms with van der Waals surface area (Å²) in [6.45, 7) is 10.0. The lowest BCUT2D eigenvalue weighted by molar-refractivity contribution is -0.130. The topological polar surface area (TPSA) is 66.0 Å². The molecule has 1 aromatic rings. The van der Waals surface area contributed by atoms with E-state index in [0.717, 1.165) is 48.4 Å². The van der Waals surface area contributed by atoms with Crippen molar-refractivity contribution in [2.45, 2.75) is 20.4 Å². The zero-order valence-corrected chi connectivity index (χ0v) is 15.1. The van der Waals surface area contributed by atoms with Crippen LogP contribution in [0.4, 0.5) is 0 Å². The number of hydrogen-bond donors (Lipinski definition) is 0. The number of thiazole rings is 1. The molecule has 0 N–H and O–H groups in total. The number of aryl methyl sites for hydroxylation is 1. The number of amides is 2. The number of carbonyl (C=O) groups is 2. The zero-order valence-electron chi connectivity index (χ0n) is 14.3. The monoisotopic (exact) mass is 352 g/mol. The molecule has 2 aliphatic heterocycles. The number of aromatic nitrogens is 1. The molecule has 3 rings (SSSR count). The molecule has 0 aliphatic carbocycles. The fraction of sp³-hybridized carbons (Fsp3) is 0.688. The molecule has 0 spiro atoms. The lowest BCUT2D eigenvalue weighted by Gasteiger charge is -2.34. The van der Waals surface area contributed by atoms with E-state index in [9.17, 15) is 9.59 Å². The van der Waals surface area contributed by atoms with Crippen LogP contribution in [0.2, 0.25) is 0 Å². The standard InChI is InChI=1S/C16H24N4O3S/c1-12-15(16(22)20-5-3-19(4-6-20)13(2)21)24-14(17-12)11-18-7-9-23-10-8-18/h3-11H2,1-2H3. The van der Waals surface area contributed by atoms with Gasteiger partial charge in [0, 0.05) is 46.2 Å². The summed E-state index contributed by atoms with van der Waals surface area (Å²) in [5.74, 6) is 0.116. The van der Waals surface area contributed by atoms with Crippen molar-refractivity contribution in [3.63, 3.8) is 0 Å². The Bertz CT molecular complexity index is 604. The van der Waals surface area contributed by atoms with Gasteiger partial charge in [-0.3, -0.25) is 14.5 Å². The Morgan fingerprint density at radius 3 is 2.33 bits per heavy atom. The fourth-order valence-electron chi connectivity index (χ4n) is 3.04. The molecule has 1 aromatic heterocycles. The number of rotatable bonds is 3. The van der Waals surface area contributed by atoms with E-state index in [4.69, 9.17) is 4.74 Å². The third kappa shape index (κ3) is 3.93. The van der Waals surface area contributed by atoms with E-state index in [1.54, 1.807) is 11.8 Å². The second-order valence-electron chi connectivity index (χ2n) is 6.21. The highest BCUT2D eigenvalue weighted by molar-refractivity contribution is 7.13. The molecule has 0 aromatic carbocycles. The lowest BCUT2D eigenvalue weighted by atomic mass is 10.2. The molecule has 0 unspecified atom stereocenters. The molecule has 0 atom stereocenters. The molecule has 24 heavy (non-hydrogen) atoms. The minimum atomic E-state index is 0.0430. The van der Waals surface area contributed by atoms with Crippen molar-refractivity contribution in [3.05, 3.63) is 15.6 Å². The maximum atomic E-state index is 12.8. The van der Waals surface area contributed by atoms with E-state index in [-0.39, 0.29) is 11.8 Å². The van der Waals surface area contributed by atoms with Crippen LogP contribution in [-0.4, -0.2) is 84.0 Å². The van der Waals surface area contributed by atoms with E-state index in [0.29, 0.717) is 26.2 Å². The highest BCUT2D eigenvalue weighted by atomic mass is 32.1. The fourth-order valence-corrected chi connectivity index (χ4v) is 4.11. The zero-order chi connectivity index (χ0) is 17.1. The maximum Gasteiger partial charge on any atom is 0.265 e. The van der Waals surface area contributed by atoms with Crippen LogP contribution in [0.3, 0.4) is 0 Å². The van der Waals surface area contributed by atoms with Crippen LogP contribution in [0.5, 0.6) is 0 Å². The molecule has 0 bridgehead atoms. The summed E-state index contributed by atoms with van der Waals surface area (Å²) in [6, 6.07) is 0. The first-order chi connectivity index (χ1) is 11.5. The first-order valence-corrected chi connectivity index (χ1v) is 9.17. The van der Waals surface area contributed by atoms with Gasteiger partial charge < -0.3 is 14.5 Å². The van der Waals surface area contributed by atoms with Gasteiger partial charge in [-0.15, -0.1) is 11.3 Å². The van der Waals surface area contributed by atoms with Gasteiger partial charge in [-0.25, -0.2) is 4.98 Å². The average Bonchev–Trinajstić information content (AvgIpc) is 2.95. The SMILES string of the molecule is CC(=O)N1CCN(C(=O)c2sc(CN3CCOCC3)nc2C)CC1. The van der Waals surface area contributed by atoms with Crippen molar-refractivity contribution in [2.75, 3.05) is 52.5 Å². The molecule has 0 radical (unpaired) electrons. The molecule has 3 heterocycles. The predicted octanol–water partition coefficient (Wildman–Crippen LogP) is 0.588. The Labute approximate surface area is 146 Å². The summed E-state index contributed by atoms with van der Waals surface area (Å²) in [6.07, 6.45) is 0. The van der Waals surface area contributed by atoms with Gasteiger partial charge in [0.25, 0.3) is 5.91 Å². The third-order valence-electron chi connectivity index (χ3n) is 4.51. The van der Waals surface area contributed by atoms with Crippen LogP contribution in [0, 0.1) is 6.92 Å². The molecule has 8 heteroatoms. The molecule has 132 valence electrons. The first kappa shape index (κ1) is 17.3. The molecular weight excluding hydrogens is 328 g/mol. The summed E-state index contributed by atoms with van der Waals surface area (Å²) >= 11 is 1.50. The number of hydrogen-bond acceptors (Lipinski definition) is 6. The van der Waals surface area contributed by atoms with Crippen LogP contribution >= 0.6 is 11.3 Å². The Kier molecular flexibility index (Phi) is 5.47. The minimum absolute atomic E-state index is 0.0430. The van der Waals surface area contributed by atoms with Crippen LogP contribution in [-0.2, 0) is 16.1 Å². The normalized spacial score (nSPS) is 19.6. The van der Waals surface area contributed by atoms with Crippen molar-refractivity contribution < 1.29 is 14.3 Å². The van der Waals surface area contributed by atoms with Crippen molar-refractivity contribution in [2.24, 2.45) is 0 Å². The van der Waals surface area contributed by atoms with Crippen LogP contribution in [0.15, 0.2) is 0 Å². The van der Waals surface area contributed by atoms with Gasteiger partial charge in [0.15, 0.2) is 0 Å². The van der Waals surface area contributed by atoms with Gasteiger partial charge in [0.2, 0.25) is 5.91 Å². The number of ether oxygens (including phenoxy) is 1. The Morgan fingerprint density at radius 1 is 1.08 bits per heavy atom. The van der Waals surface area contributed by atoms with Gasteiger partial charge >= 0.3 is 0 Å². The van der Waals surface area contributed by atoms with Gasteiger partial charge in [0.05, 0.1) is 25.5 Å². The Hall–Kier alpha value is -1.51. The molecule has 2 fully saturated rings. The van der Waals surface area contributed by atoms with Gasteiger partial charge in [-0.05, 0) is 6.92 Å². The largest absolute Gasteiger partial charge is 0.379 e. The Balaban J connectivity index is 1.62. The molecule has 2 amide bonds. The van der Waals surface area contributed by atoms with Crippen LogP contribution in [0.25, 0.3) is 0 Å². The van der Waals surface area contributed by atoms with E-state index in [1.165, 1.54) is 11.3 Å². The number of piperazine rings is 1. The quantitative estimate of drug-likeness (QED) is 0.796. The van der Waals surface area contributed by atoms with Crippen molar-refractivity contribution in [1.82, 2.24) is 19.7 Å². The van der Waals surface area contributed by atoms with E-state index in [1.807, 2.05) is 11.8 Å². The smallest absolute Gasteiger partial charge is 0.265 e. The minimum Gasteiger partial charge on any atom is -0.379 e. The molecule has 2 aliphatic rings. The van der Waals surface area contributed by atoms with Crippen molar-refractivity contribution in [1.29, 1.82) is 0 Å². The molecule has 2 saturated heterocycles. The van der Waals surface area contributed by atoms with E-state index < -0.39 is 0 Å². The summed E-state index contributed by atoms with van der Waals surface area (Å²) in [4.78, 5) is 35.4. The number of carbonyl (C=O) groups excluding carboxylic acids is 2. The number of nitrogens with zero attached hydrogens (tertiary/aromatic N) is 4. The second-order valence-corrected chi connectivity index (χ2v) is 7.29. The summed E-state index contributed by atoms with van der Waals surface area (Å²) in [7, 11) is 0. The lowest BCUT2D eigenvalue weighted by Crippen LogP contribution is -2.50. The highest BCUT2D eigenvalue weighted by Gasteiger charge is 2.26. The van der Waals surface area contributed by atoms with Crippen LogP contribution in [0.1, 0.15) is 27.3 Å². The summed E-state index contributed by atoms with van der Waals surface area (Å²) < 4.78 is 5.36. The number of morpholine rings is 1. The van der Waals surface area contributed by atoms with Gasteiger partial charge in [0.1, 0.15) is 9.88 Å². The summed E-state index contributed by atoms with van der Waals surface area (Å²) in [5.41, 5.74) is 0.808. The molecule has 0 saturated carbocycles. The van der Waals surface area contributed by atoms with Gasteiger partial charge in [-0.1, -0.05) is 0 Å². The van der Waals surface area contributed by atoms with Crippen LogP contribution < -0.4 is 0 Å². The second kappa shape index (κ2) is 7.58. The van der Waals surface area contributed by atoms with Crippen molar-refractivity contribution in [3.8, 4) is 0 Å². The predicted molar refractivity (Wildman–Crippen MR) is 91.1 cm³/mol. The average molecular weight is 352 g/mol. The highest BCUT2D eigenvalue weighted by Crippen LogP contribution is 2.22. The Morgan fingerprint density at radius 2 is 1.71 bits per heavy atom. The van der Waals surface area contributed by atoms with E-state index in [2.05, 4.69) is 9.88 Å². The first-order valence-electron chi connectivity index (χ1n) is 8.36.